The molecule has 1 aromatic carbocycles. The number of ether oxygens (including phenoxy) is 2. The van der Waals surface area contributed by atoms with Crippen molar-refractivity contribution in [3.63, 3.8) is 0 Å². The van der Waals surface area contributed by atoms with Crippen LogP contribution in [0.2, 0.25) is 0 Å². The second kappa shape index (κ2) is 6.01. The molecule has 0 aliphatic carbocycles. The van der Waals surface area contributed by atoms with Gasteiger partial charge >= 0.3 is 0 Å². The molecule has 0 saturated carbocycles. The Kier molecular flexibility index (Phi) is 4.37. The minimum atomic E-state index is -0.0179. The van der Waals surface area contributed by atoms with Crippen LogP contribution in [0.5, 0.6) is 5.75 Å². The van der Waals surface area contributed by atoms with Gasteiger partial charge in [-0.05, 0) is 38.8 Å². The molecular weight excluding hydrogens is 228 g/mol. The van der Waals surface area contributed by atoms with E-state index >= 15 is 0 Å². The van der Waals surface area contributed by atoms with Gasteiger partial charge in [0.25, 0.3) is 0 Å². The molecule has 3 nitrogen and oxygen atoms in total. The highest BCUT2D eigenvalue weighted by Gasteiger charge is 2.25. The maximum absolute atomic E-state index is 12.4. The van der Waals surface area contributed by atoms with Crippen molar-refractivity contribution in [3.8, 4) is 5.75 Å². The van der Waals surface area contributed by atoms with Gasteiger partial charge in [0.2, 0.25) is 0 Å². The molecule has 1 saturated heterocycles. The molecule has 1 aliphatic heterocycles. The van der Waals surface area contributed by atoms with E-state index in [0.717, 1.165) is 19.4 Å². The summed E-state index contributed by atoms with van der Waals surface area (Å²) in [5.41, 5.74) is 0.682. The molecule has 0 aromatic heterocycles. The Morgan fingerprint density at radius 3 is 2.83 bits per heavy atom. The Labute approximate surface area is 108 Å². The first-order chi connectivity index (χ1) is 8.68. The molecule has 0 spiro atoms. The zero-order chi connectivity index (χ0) is 13.0. The van der Waals surface area contributed by atoms with Crippen LogP contribution in [-0.4, -0.2) is 25.1 Å². The second-order valence-corrected chi connectivity index (χ2v) is 4.94. The van der Waals surface area contributed by atoms with Crippen molar-refractivity contribution in [3.05, 3.63) is 29.8 Å². The molecule has 0 bridgehead atoms. The molecule has 3 heteroatoms. The van der Waals surface area contributed by atoms with Gasteiger partial charge in [-0.2, -0.15) is 0 Å². The van der Waals surface area contributed by atoms with E-state index in [2.05, 4.69) is 0 Å². The number of ketones is 1. The Morgan fingerprint density at radius 2 is 2.17 bits per heavy atom. The molecule has 1 heterocycles. The van der Waals surface area contributed by atoms with Gasteiger partial charge in [0, 0.05) is 12.5 Å². The summed E-state index contributed by atoms with van der Waals surface area (Å²) in [6.07, 6.45) is 1.94. The Bertz CT molecular complexity index is 406. The predicted octanol–water partition coefficient (Wildman–Crippen LogP) is 3.08. The summed E-state index contributed by atoms with van der Waals surface area (Å²) in [6.45, 7) is 5.23. The maximum atomic E-state index is 12.4. The molecule has 0 amide bonds. The SMILES string of the molecule is CC(C)Oc1ccccc1C(=O)C1CCCOC1. The highest BCUT2D eigenvalue weighted by atomic mass is 16.5. The minimum absolute atomic E-state index is 0.0179. The Morgan fingerprint density at radius 1 is 1.39 bits per heavy atom. The summed E-state index contributed by atoms with van der Waals surface area (Å²) in [5.74, 6) is 0.810. The van der Waals surface area contributed by atoms with Crippen molar-refractivity contribution in [2.24, 2.45) is 5.92 Å². The average molecular weight is 248 g/mol. The largest absolute Gasteiger partial charge is 0.490 e. The van der Waals surface area contributed by atoms with E-state index in [-0.39, 0.29) is 17.8 Å². The number of rotatable bonds is 4. The van der Waals surface area contributed by atoms with Gasteiger partial charge in [-0.25, -0.2) is 0 Å². The summed E-state index contributed by atoms with van der Waals surface area (Å²) in [5, 5.41) is 0. The normalized spacial score (nSPS) is 19.8. The average Bonchev–Trinajstić information content (AvgIpc) is 2.39. The Balaban J connectivity index is 2.18. The topological polar surface area (TPSA) is 35.5 Å². The Hall–Kier alpha value is -1.35. The molecular formula is C15H20O3. The van der Waals surface area contributed by atoms with Gasteiger partial charge in [0.05, 0.1) is 18.3 Å². The molecule has 1 unspecified atom stereocenters. The molecule has 0 radical (unpaired) electrons. The fraction of sp³-hybridized carbons (Fsp3) is 0.533. The summed E-state index contributed by atoms with van der Waals surface area (Å²) in [7, 11) is 0. The highest BCUT2D eigenvalue weighted by Crippen LogP contribution is 2.26. The molecule has 98 valence electrons. The molecule has 2 rings (SSSR count). The lowest BCUT2D eigenvalue weighted by molar-refractivity contribution is 0.0458. The standard InChI is InChI=1S/C15H20O3/c1-11(2)18-14-8-4-3-7-13(14)15(16)12-6-5-9-17-10-12/h3-4,7-8,11-12H,5-6,9-10H2,1-2H3. The summed E-state index contributed by atoms with van der Waals surface area (Å²) in [6, 6.07) is 7.47. The number of hydrogen-bond acceptors (Lipinski definition) is 3. The number of benzene rings is 1. The van der Waals surface area contributed by atoms with Crippen LogP contribution in [0.15, 0.2) is 24.3 Å². The number of para-hydroxylation sites is 1. The lowest BCUT2D eigenvalue weighted by Gasteiger charge is -2.22. The van der Waals surface area contributed by atoms with Crippen LogP contribution in [0.3, 0.4) is 0 Å². The van der Waals surface area contributed by atoms with E-state index < -0.39 is 0 Å². The van der Waals surface area contributed by atoms with Crippen molar-refractivity contribution in [1.82, 2.24) is 0 Å². The third-order valence-corrected chi connectivity index (χ3v) is 3.05. The zero-order valence-corrected chi connectivity index (χ0v) is 11.0. The van der Waals surface area contributed by atoms with Gasteiger partial charge in [-0.1, -0.05) is 12.1 Å². The summed E-state index contributed by atoms with van der Waals surface area (Å²) < 4.78 is 11.1. The van der Waals surface area contributed by atoms with Gasteiger partial charge in [0.1, 0.15) is 5.75 Å². The highest BCUT2D eigenvalue weighted by molar-refractivity contribution is 6.00. The first-order valence-corrected chi connectivity index (χ1v) is 6.56. The van der Waals surface area contributed by atoms with Crippen LogP contribution < -0.4 is 4.74 Å². The number of Topliss-reactive ketones (excluding diaryl/α,β-unsaturated/α-hetero) is 1. The van der Waals surface area contributed by atoms with Crippen molar-refractivity contribution in [2.45, 2.75) is 32.8 Å². The molecule has 1 aromatic rings. The zero-order valence-electron chi connectivity index (χ0n) is 11.0. The number of hydrogen-bond donors (Lipinski definition) is 0. The first-order valence-electron chi connectivity index (χ1n) is 6.56. The number of carbonyl (C=O) groups excluding carboxylic acids is 1. The predicted molar refractivity (Wildman–Crippen MR) is 70.1 cm³/mol. The fourth-order valence-corrected chi connectivity index (χ4v) is 2.19. The van der Waals surface area contributed by atoms with Gasteiger partial charge < -0.3 is 9.47 Å². The molecule has 18 heavy (non-hydrogen) atoms. The van der Waals surface area contributed by atoms with E-state index in [1.807, 2.05) is 38.1 Å². The van der Waals surface area contributed by atoms with Crippen molar-refractivity contribution in [2.75, 3.05) is 13.2 Å². The summed E-state index contributed by atoms with van der Waals surface area (Å²) >= 11 is 0. The van der Waals surface area contributed by atoms with E-state index in [0.29, 0.717) is 17.9 Å². The van der Waals surface area contributed by atoms with Crippen LogP contribution in [0.1, 0.15) is 37.0 Å². The fourth-order valence-electron chi connectivity index (χ4n) is 2.19. The van der Waals surface area contributed by atoms with E-state index in [1.54, 1.807) is 0 Å². The van der Waals surface area contributed by atoms with Gasteiger partial charge in [0.15, 0.2) is 5.78 Å². The van der Waals surface area contributed by atoms with Crippen LogP contribution in [0, 0.1) is 5.92 Å². The first kappa shape index (κ1) is 13.1. The third-order valence-electron chi connectivity index (χ3n) is 3.05. The molecule has 1 atom stereocenters. The monoisotopic (exact) mass is 248 g/mol. The number of carbonyl (C=O) groups is 1. The molecule has 1 fully saturated rings. The molecule has 1 aliphatic rings. The van der Waals surface area contributed by atoms with E-state index in [9.17, 15) is 4.79 Å². The maximum Gasteiger partial charge on any atom is 0.171 e. The minimum Gasteiger partial charge on any atom is -0.490 e. The van der Waals surface area contributed by atoms with E-state index in [4.69, 9.17) is 9.47 Å². The summed E-state index contributed by atoms with van der Waals surface area (Å²) in [4.78, 5) is 12.4. The van der Waals surface area contributed by atoms with Gasteiger partial charge in [-0.3, -0.25) is 4.79 Å². The van der Waals surface area contributed by atoms with Crippen LogP contribution >= 0.6 is 0 Å². The van der Waals surface area contributed by atoms with Crippen LogP contribution in [-0.2, 0) is 4.74 Å². The van der Waals surface area contributed by atoms with Crippen molar-refractivity contribution < 1.29 is 14.3 Å². The van der Waals surface area contributed by atoms with Crippen LogP contribution in [0.25, 0.3) is 0 Å². The second-order valence-electron chi connectivity index (χ2n) is 4.94. The van der Waals surface area contributed by atoms with Crippen molar-refractivity contribution >= 4 is 5.78 Å². The van der Waals surface area contributed by atoms with Crippen LogP contribution in [0.4, 0.5) is 0 Å². The van der Waals surface area contributed by atoms with Crippen molar-refractivity contribution in [1.29, 1.82) is 0 Å². The smallest absolute Gasteiger partial charge is 0.171 e. The lowest BCUT2D eigenvalue weighted by atomic mass is 9.92. The lowest BCUT2D eigenvalue weighted by Crippen LogP contribution is -2.26. The van der Waals surface area contributed by atoms with Gasteiger partial charge in [-0.15, -0.1) is 0 Å². The quantitative estimate of drug-likeness (QED) is 0.768. The third kappa shape index (κ3) is 3.10. The molecule has 0 N–H and O–H groups in total. The van der Waals surface area contributed by atoms with E-state index in [1.165, 1.54) is 0 Å².